The van der Waals surface area contributed by atoms with Crippen LogP contribution in [0.2, 0.25) is 0 Å². The van der Waals surface area contributed by atoms with Gasteiger partial charge in [0.25, 0.3) is 0 Å². The van der Waals surface area contributed by atoms with Crippen LogP contribution < -0.4 is 0 Å². The molecule has 0 aliphatic carbocycles. The Labute approximate surface area is 141 Å². The highest BCUT2D eigenvalue weighted by atomic mass is 15.2. The minimum atomic E-state index is 0.417. The Kier molecular flexibility index (Phi) is 4.34. The molecule has 0 bridgehead atoms. The van der Waals surface area contributed by atoms with E-state index in [9.17, 15) is 0 Å². The first-order valence-corrected chi connectivity index (χ1v) is 8.47. The van der Waals surface area contributed by atoms with Gasteiger partial charge in [-0.2, -0.15) is 5.10 Å². The van der Waals surface area contributed by atoms with Gasteiger partial charge in [-0.3, -0.25) is 15.0 Å². The second-order valence-corrected chi connectivity index (χ2v) is 6.35. The van der Waals surface area contributed by atoms with Crippen molar-refractivity contribution in [1.29, 1.82) is 0 Å². The predicted molar refractivity (Wildman–Crippen MR) is 93.3 cm³/mol. The van der Waals surface area contributed by atoms with Gasteiger partial charge in [-0.1, -0.05) is 30.3 Å². The molecule has 0 spiro atoms. The number of nitrogens with one attached hydrogen (secondary N) is 1. The van der Waals surface area contributed by atoms with E-state index in [-0.39, 0.29) is 0 Å². The van der Waals surface area contributed by atoms with Crippen molar-refractivity contribution in [3.05, 3.63) is 66.2 Å². The molecule has 1 atom stereocenters. The lowest BCUT2D eigenvalue weighted by Crippen LogP contribution is -2.34. The molecule has 0 amide bonds. The lowest BCUT2D eigenvalue weighted by Gasteiger charge is -2.31. The minimum Gasteiger partial charge on any atom is -0.298 e. The summed E-state index contributed by atoms with van der Waals surface area (Å²) in [4.78, 5) is 11.4. The van der Waals surface area contributed by atoms with Gasteiger partial charge in [0.15, 0.2) is 5.82 Å². The fourth-order valence-corrected chi connectivity index (χ4v) is 3.34. The third-order valence-corrected chi connectivity index (χ3v) is 4.56. The number of pyridine rings is 1. The number of hydrogen-bond acceptors (Lipinski definition) is 4. The number of nitrogens with zero attached hydrogens (tertiary/aromatic N) is 4. The molecule has 1 aromatic carbocycles. The third-order valence-electron chi connectivity index (χ3n) is 4.56. The predicted octanol–water partition coefficient (Wildman–Crippen LogP) is 3.25. The second kappa shape index (κ2) is 6.93. The maximum absolute atomic E-state index is 4.71. The topological polar surface area (TPSA) is 57.7 Å². The fourth-order valence-electron chi connectivity index (χ4n) is 3.34. The largest absolute Gasteiger partial charge is 0.298 e. The maximum atomic E-state index is 4.71. The molecule has 3 aromatic rings. The number of likely N-dealkylation sites (tertiary alicyclic amines) is 1. The smallest absolute Gasteiger partial charge is 0.182 e. The lowest BCUT2D eigenvalue weighted by atomic mass is 9.97. The van der Waals surface area contributed by atoms with E-state index in [1.165, 1.54) is 12.0 Å². The molecule has 1 N–H and O–H groups in total. The summed E-state index contributed by atoms with van der Waals surface area (Å²) in [7, 11) is 0. The average Bonchev–Trinajstić information content (AvgIpc) is 3.14. The van der Waals surface area contributed by atoms with Gasteiger partial charge in [-0.25, -0.2) is 4.98 Å². The number of benzene rings is 1. The van der Waals surface area contributed by atoms with Crippen molar-refractivity contribution >= 4 is 0 Å². The third kappa shape index (κ3) is 3.36. The van der Waals surface area contributed by atoms with Gasteiger partial charge in [-0.05, 0) is 37.1 Å². The summed E-state index contributed by atoms with van der Waals surface area (Å²) in [6.45, 7) is 3.17. The molecule has 122 valence electrons. The SMILES string of the molecule is c1ccc(CN2CCC[C@@H](c3nc(-c4cccnc4)n[nH]3)C2)cc1. The van der Waals surface area contributed by atoms with Gasteiger partial charge in [-0.15, -0.1) is 0 Å². The van der Waals surface area contributed by atoms with E-state index >= 15 is 0 Å². The van der Waals surface area contributed by atoms with Gasteiger partial charge in [0, 0.05) is 37.0 Å². The minimum absolute atomic E-state index is 0.417. The van der Waals surface area contributed by atoms with E-state index in [0.29, 0.717) is 5.92 Å². The highest BCUT2D eigenvalue weighted by Crippen LogP contribution is 2.26. The summed E-state index contributed by atoms with van der Waals surface area (Å²) in [6, 6.07) is 14.6. The molecule has 0 saturated carbocycles. The van der Waals surface area contributed by atoms with Crippen LogP contribution in [-0.2, 0) is 6.54 Å². The average molecular weight is 319 g/mol. The standard InChI is InChI=1S/C19H21N5/c1-2-6-15(7-3-1)13-24-11-5-9-17(14-24)19-21-18(22-23-19)16-8-4-10-20-12-16/h1-4,6-8,10,12,17H,5,9,11,13-14H2,(H,21,22,23)/t17-/m1/s1. The number of aromatic amines is 1. The number of aromatic nitrogens is 4. The summed E-state index contributed by atoms with van der Waals surface area (Å²) in [5.41, 5.74) is 2.32. The quantitative estimate of drug-likeness (QED) is 0.802. The first kappa shape index (κ1) is 15.0. The van der Waals surface area contributed by atoms with E-state index in [2.05, 4.69) is 50.4 Å². The molecule has 5 nitrogen and oxygen atoms in total. The monoisotopic (exact) mass is 319 g/mol. The summed E-state index contributed by atoms with van der Waals surface area (Å²) < 4.78 is 0. The van der Waals surface area contributed by atoms with Crippen molar-refractivity contribution < 1.29 is 0 Å². The van der Waals surface area contributed by atoms with Crippen LogP contribution >= 0.6 is 0 Å². The van der Waals surface area contributed by atoms with E-state index < -0.39 is 0 Å². The Bertz CT molecular complexity index is 769. The Balaban J connectivity index is 1.45. The first-order valence-electron chi connectivity index (χ1n) is 8.47. The van der Waals surface area contributed by atoms with Gasteiger partial charge in [0.1, 0.15) is 5.82 Å². The van der Waals surface area contributed by atoms with Crippen LogP contribution in [0.4, 0.5) is 0 Å². The zero-order chi connectivity index (χ0) is 16.2. The summed E-state index contributed by atoms with van der Waals surface area (Å²) in [6.07, 6.45) is 5.92. The van der Waals surface area contributed by atoms with Crippen LogP contribution in [0.1, 0.15) is 30.1 Å². The van der Waals surface area contributed by atoms with Gasteiger partial charge in [0.2, 0.25) is 0 Å². The summed E-state index contributed by atoms with van der Waals surface area (Å²) in [5.74, 6) is 2.14. The van der Waals surface area contributed by atoms with E-state index in [1.807, 2.05) is 12.1 Å². The molecule has 0 unspecified atom stereocenters. The Morgan fingerprint density at radius 2 is 2.04 bits per heavy atom. The molecular weight excluding hydrogens is 298 g/mol. The molecule has 1 fully saturated rings. The van der Waals surface area contributed by atoms with Crippen molar-refractivity contribution in [3.8, 4) is 11.4 Å². The molecule has 5 heteroatoms. The lowest BCUT2D eigenvalue weighted by molar-refractivity contribution is 0.197. The number of H-pyrrole nitrogens is 1. The molecule has 1 saturated heterocycles. The van der Waals surface area contributed by atoms with Crippen LogP contribution in [-0.4, -0.2) is 38.2 Å². The normalized spacial score (nSPS) is 18.6. The van der Waals surface area contributed by atoms with Crippen molar-refractivity contribution in [2.24, 2.45) is 0 Å². The second-order valence-electron chi connectivity index (χ2n) is 6.35. The summed E-state index contributed by atoms with van der Waals surface area (Å²) in [5, 5.41) is 7.52. The van der Waals surface area contributed by atoms with Crippen molar-refractivity contribution in [2.75, 3.05) is 13.1 Å². The van der Waals surface area contributed by atoms with Gasteiger partial charge in [0.05, 0.1) is 0 Å². The van der Waals surface area contributed by atoms with Crippen molar-refractivity contribution in [3.63, 3.8) is 0 Å². The summed E-state index contributed by atoms with van der Waals surface area (Å²) >= 11 is 0. The van der Waals surface area contributed by atoms with Crippen LogP contribution in [0.15, 0.2) is 54.9 Å². The molecular formula is C19H21N5. The van der Waals surface area contributed by atoms with Gasteiger partial charge >= 0.3 is 0 Å². The molecule has 4 rings (SSSR count). The van der Waals surface area contributed by atoms with Gasteiger partial charge < -0.3 is 0 Å². The zero-order valence-corrected chi connectivity index (χ0v) is 13.6. The molecule has 3 heterocycles. The zero-order valence-electron chi connectivity index (χ0n) is 13.6. The molecule has 1 aliphatic heterocycles. The van der Waals surface area contributed by atoms with Crippen molar-refractivity contribution in [1.82, 2.24) is 25.1 Å². The molecule has 24 heavy (non-hydrogen) atoms. The van der Waals surface area contributed by atoms with Crippen LogP contribution in [0.5, 0.6) is 0 Å². The Morgan fingerprint density at radius 3 is 2.88 bits per heavy atom. The molecule has 0 radical (unpaired) electrons. The number of rotatable bonds is 4. The van der Waals surface area contributed by atoms with Crippen molar-refractivity contribution in [2.45, 2.75) is 25.3 Å². The van der Waals surface area contributed by atoms with E-state index in [4.69, 9.17) is 4.98 Å². The highest BCUT2D eigenvalue weighted by molar-refractivity contribution is 5.52. The van der Waals surface area contributed by atoms with E-state index in [1.54, 1.807) is 12.4 Å². The maximum Gasteiger partial charge on any atom is 0.182 e. The Morgan fingerprint density at radius 1 is 1.12 bits per heavy atom. The first-order chi connectivity index (χ1) is 11.9. The number of piperidine rings is 1. The van der Waals surface area contributed by atoms with Crippen LogP contribution in [0.25, 0.3) is 11.4 Å². The Hall–Kier alpha value is -2.53. The fraction of sp³-hybridized carbons (Fsp3) is 0.316. The molecule has 1 aliphatic rings. The number of hydrogen-bond donors (Lipinski definition) is 1. The highest BCUT2D eigenvalue weighted by Gasteiger charge is 2.24. The van der Waals surface area contributed by atoms with Crippen LogP contribution in [0, 0.1) is 0 Å². The molecule has 2 aromatic heterocycles. The van der Waals surface area contributed by atoms with E-state index in [0.717, 1.165) is 43.3 Å². The van der Waals surface area contributed by atoms with Crippen LogP contribution in [0.3, 0.4) is 0 Å².